The lowest BCUT2D eigenvalue weighted by molar-refractivity contribution is -0.141. The Kier molecular flexibility index (Phi) is 4.31. The molecule has 2 atom stereocenters. The number of rotatable bonds is 3. The number of thioether (sulfide) groups is 1. The minimum atomic E-state index is -0.961. The Morgan fingerprint density at radius 1 is 1.63 bits per heavy atom. The van der Waals surface area contributed by atoms with E-state index in [1.54, 1.807) is 6.20 Å². The topological polar surface area (TPSA) is 82.5 Å². The van der Waals surface area contributed by atoms with Crippen LogP contribution in [0.5, 0.6) is 0 Å². The molecule has 0 aromatic carbocycles. The number of carbonyl (C=O) groups is 2. The molecule has 0 bridgehead atoms. The maximum atomic E-state index is 12.1. The summed E-state index contributed by atoms with van der Waals surface area (Å²) in [5.41, 5.74) is 0. The number of nitrogens with one attached hydrogen (secondary N) is 1. The largest absolute Gasteiger partial charge is 0.480 e. The standard InChI is InChI=1S/C11H15N3O3S2/c1-6-3-12-9(19-6)4-13-11(17)14-7(2)18-5-8(14)10(15)16/h3,7-8H,4-5H2,1-2H3,(H,13,17)(H,15,16). The van der Waals surface area contributed by atoms with E-state index < -0.39 is 12.0 Å². The molecule has 19 heavy (non-hydrogen) atoms. The zero-order chi connectivity index (χ0) is 14.0. The molecule has 0 saturated carbocycles. The van der Waals surface area contributed by atoms with E-state index >= 15 is 0 Å². The average molecular weight is 301 g/mol. The van der Waals surface area contributed by atoms with Crippen LogP contribution in [-0.4, -0.2) is 44.2 Å². The Labute approximate surface area is 119 Å². The summed E-state index contributed by atoms with van der Waals surface area (Å²) in [7, 11) is 0. The molecule has 2 heterocycles. The summed E-state index contributed by atoms with van der Waals surface area (Å²) < 4.78 is 0. The molecule has 1 fully saturated rings. The lowest BCUT2D eigenvalue weighted by atomic mass is 10.3. The van der Waals surface area contributed by atoms with E-state index in [9.17, 15) is 9.59 Å². The van der Waals surface area contributed by atoms with Crippen molar-refractivity contribution in [1.82, 2.24) is 15.2 Å². The van der Waals surface area contributed by atoms with Gasteiger partial charge in [0.2, 0.25) is 0 Å². The molecule has 2 amide bonds. The van der Waals surface area contributed by atoms with Crippen molar-refractivity contribution in [3.05, 3.63) is 16.1 Å². The fourth-order valence-electron chi connectivity index (χ4n) is 1.87. The minimum Gasteiger partial charge on any atom is -0.480 e. The Hall–Kier alpha value is -1.28. The van der Waals surface area contributed by atoms with Crippen LogP contribution in [0.4, 0.5) is 4.79 Å². The monoisotopic (exact) mass is 301 g/mol. The number of aliphatic carboxylic acids is 1. The highest BCUT2D eigenvalue weighted by Gasteiger charge is 2.39. The van der Waals surface area contributed by atoms with Crippen LogP contribution in [0.15, 0.2) is 6.20 Å². The first kappa shape index (κ1) is 14.1. The van der Waals surface area contributed by atoms with Crippen molar-refractivity contribution >= 4 is 35.1 Å². The summed E-state index contributed by atoms with van der Waals surface area (Å²) in [5, 5.41) is 12.5. The normalized spacial score (nSPS) is 22.5. The number of amides is 2. The lowest BCUT2D eigenvalue weighted by Crippen LogP contribution is -2.49. The van der Waals surface area contributed by atoms with Gasteiger partial charge in [-0.05, 0) is 13.8 Å². The van der Waals surface area contributed by atoms with Crippen LogP contribution in [0.25, 0.3) is 0 Å². The highest BCUT2D eigenvalue weighted by Crippen LogP contribution is 2.28. The molecule has 2 rings (SSSR count). The summed E-state index contributed by atoms with van der Waals surface area (Å²) in [5.74, 6) is -0.530. The number of carboxylic acids is 1. The van der Waals surface area contributed by atoms with E-state index in [0.29, 0.717) is 12.3 Å². The zero-order valence-corrected chi connectivity index (χ0v) is 12.3. The third-order valence-electron chi connectivity index (χ3n) is 2.80. The maximum absolute atomic E-state index is 12.1. The summed E-state index contributed by atoms with van der Waals surface area (Å²) in [6.45, 7) is 4.11. The molecular weight excluding hydrogens is 286 g/mol. The van der Waals surface area contributed by atoms with Crippen molar-refractivity contribution in [2.45, 2.75) is 31.8 Å². The van der Waals surface area contributed by atoms with Crippen molar-refractivity contribution in [2.24, 2.45) is 0 Å². The molecule has 0 aliphatic carbocycles. The molecule has 1 saturated heterocycles. The van der Waals surface area contributed by atoms with E-state index in [1.807, 2.05) is 13.8 Å². The van der Waals surface area contributed by atoms with E-state index in [1.165, 1.54) is 28.0 Å². The third kappa shape index (κ3) is 3.19. The maximum Gasteiger partial charge on any atom is 0.327 e. The van der Waals surface area contributed by atoms with Gasteiger partial charge in [-0.3, -0.25) is 4.90 Å². The average Bonchev–Trinajstić information content (AvgIpc) is 2.92. The molecule has 2 unspecified atom stereocenters. The van der Waals surface area contributed by atoms with Gasteiger partial charge in [0.15, 0.2) is 0 Å². The Bertz CT molecular complexity index is 491. The first-order valence-electron chi connectivity index (χ1n) is 5.81. The number of carboxylic acid groups (broad SMARTS) is 1. The van der Waals surface area contributed by atoms with Crippen LogP contribution in [0, 0.1) is 6.92 Å². The van der Waals surface area contributed by atoms with Gasteiger partial charge in [0.05, 0.1) is 11.9 Å². The molecule has 1 aliphatic rings. The van der Waals surface area contributed by atoms with Gasteiger partial charge in [0.1, 0.15) is 11.0 Å². The quantitative estimate of drug-likeness (QED) is 0.884. The van der Waals surface area contributed by atoms with Crippen molar-refractivity contribution in [1.29, 1.82) is 0 Å². The first-order valence-corrected chi connectivity index (χ1v) is 7.67. The van der Waals surface area contributed by atoms with E-state index in [-0.39, 0.29) is 11.4 Å². The molecule has 2 N–H and O–H groups in total. The number of thiazole rings is 1. The number of nitrogens with zero attached hydrogens (tertiary/aromatic N) is 2. The lowest BCUT2D eigenvalue weighted by Gasteiger charge is -2.24. The van der Waals surface area contributed by atoms with Gasteiger partial charge in [-0.2, -0.15) is 0 Å². The molecule has 1 aromatic heterocycles. The van der Waals surface area contributed by atoms with E-state index in [2.05, 4.69) is 10.3 Å². The van der Waals surface area contributed by atoms with Crippen molar-refractivity contribution in [3.63, 3.8) is 0 Å². The minimum absolute atomic E-state index is 0.126. The highest BCUT2D eigenvalue weighted by molar-refractivity contribution is 8.00. The summed E-state index contributed by atoms with van der Waals surface area (Å²) >= 11 is 2.98. The Morgan fingerprint density at radius 3 is 2.95 bits per heavy atom. The van der Waals surface area contributed by atoms with Gasteiger partial charge in [-0.15, -0.1) is 23.1 Å². The van der Waals surface area contributed by atoms with E-state index in [0.717, 1.165) is 9.88 Å². The third-order valence-corrected chi connectivity index (χ3v) is 4.93. The highest BCUT2D eigenvalue weighted by atomic mass is 32.2. The second-order valence-corrected chi connectivity index (χ2v) is 6.89. The molecule has 0 spiro atoms. The fraction of sp³-hybridized carbons (Fsp3) is 0.545. The van der Waals surface area contributed by atoms with Crippen LogP contribution < -0.4 is 5.32 Å². The molecule has 0 radical (unpaired) electrons. The summed E-state index contributed by atoms with van der Waals surface area (Å²) in [6.07, 6.45) is 1.75. The van der Waals surface area contributed by atoms with Gasteiger partial charge in [0, 0.05) is 16.8 Å². The summed E-state index contributed by atoms with van der Waals surface area (Å²) in [6, 6.07) is -1.10. The van der Waals surface area contributed by atoms with Crippen LogP contribution >= 0.6 is 23.1 Å². The number of hydrogen-bond donors (Lipinski definition) is 2. The van der Waals surface area contributed by atoms with Crippen LogP contribution in [0.2, 0.25) is 0 Å². The predicted molar refractivity (Wildman–Crippen MR) is 74.3 cm³/mol. The second kappa shape index (κ2) is 5.79. The van der Waals surface area contributed by atoms with Crippen LogP contribution in [-0.2, 0) is 11.3 Å². The van der Waals surface area contributed by atoms with Crippen molar-refractivity contribution in [3.8, 4) is 0 Å². The molecule has 104 valence electrons. The summed E-state index contributed by atoms with van der Waals surface area (Å²) in [4.78, 5) is 29.8. The first-order chi connectivity index (χ1) is 8.99. The second-order valence-electron chi connectivity index (χ2n) is 4.22. The van der Waals surface area contributed by atoms with Crippen molar-refractivity contribution in [2.75, 3.05) is 5.75 Å². The van der Waals surface area contributed by atoms with Crippen LogP contribution in [0.1, 0.15) is 16.8 Å². The SMILES string of the molecule is Cc1cnc(CNC(=O)N2C(C)SCC2C(=O)O)s1. The number of aromatic nitrogens is 1. The fourth-order valence-corrected chi connectivity index (χ4v) is 3.76. The molecule has 8 heteroatoms. The van der Waals surface area contributed by atoms with Gasteiger partial charge in [-0.25, -0.2) is 14.6 Å². The van der Waals surface area contributed by atoms with Crippen LogP contribution in [0.3, 0.4) is 0 Å². The number of aryl methyl sites for hydroxylation is 1. The Balaban J connectivity index is 1.96. The number of hydrogen-bond acceptors (Lipinski definition) is 5. The van der Waals surface area contributed by atoms with Gasteiger partial charge in [0.25, 0.3) is 0 Å². The van der Waals surface area contributed by atoms with Crippen molar-refractivity contribution < 1.29 is 14.7 Å². The molecule has 6 nitrogen and oxygen atoms in total. The van der Waals surface area contributed by atoms with E-state index in [4.69, 9.17) is 5.11 Å². The number of urea groups is 1. The molecular formula is C11H15N3O3S2. The zero-order valence-electron chi connectivity index (χ0n) is 10.6. The smallest absolute Gasteiger partial charge is 0.327 e. The molecule has 1 aromatic rings. The molecule has 1 aliphatic heterocycles. The Morgan fingerprint density at radius 2 is 2.37 bits per heavy atom. The van der Waals surface area contributed by atoms with Gasteiger partial charge in [-0.1, -0.05) is 0 Å². The predicted octanol–water partition coefficient (Wildman–Crippen LogP) is 1.51. The van der Waals surface area contributed by atoms with Gasteiger partial charge >= 0.3 is 12.0 Å². The number of carbonyl (C=O) groups excluding carboxylic acids is 1. The van der Waals surface area contributed by atoms with Gasteiger partial charge < -0.3 is 10.4 Å².